The van der Waals surface area contributed by atoms with Gasteiger partial charge < -0.3 is 0 Å². The molecule has 0 fully saturated rings. The average molecular weight is 326 g/mol. The maximum absolute atomic E-state index is 3.85. The molecule has 0 heterocycles. The van der Waals surface area contributed by atoms with Crippen molar-refractivity contribution in [2.75, 3.05) is 0 Å². The SMILES string of the molecule is C=C/C=C(\CC)P(c1ccccc1)c1ccccc1.CC.CC. The summed E-state index contributed by atoms with van der Waals surface area (Å²) in [6, 6.07) is 21.5. The van der Waals surface area contributed by atoms with Crippen LogP contribution in [0, 0.1) is 0 Å². The van der Waals surface area contributed by atoms with Crippen molar-refractivity contribution in [2.24, 2.45) is 0 Å². The van der Waals surface area contributed by atoms with E-state index >= 15 is 0 Å². The molecule has 0 radical (unpaired) electrons. The van der Waals surface area contributed by atoms with Gasteiger partial charge in [0.05, 0.1) is 0 Å². The van der Waals surface area contributed by atoms with Gasteiger partial charge in [-0.05, 0) is 30.3 Å². The van der Waals surface area contributed by atoms with Gasteiger partial charge in [0.2, 0.25) is 0 Å². The Morgan fingerprint density at radius 2 is 1.22 bits per heavy atom. The highest BCUT2D eigenvalue weighted by molar-refractivity contribution is 7.76. The maximum Gasteiger partial charge on any atom is -0.0154 e. The molecule has 0 spiro atoms. The van der Waals surface area contributed by atoms with Gasteiger partial charge in [0, 0.05) is 0 Å². The van der Waals surface area contributed by atoms with Crippen LogP contribution in [0.4, 0.5) is 0 Å². The van der Waals surface area contributed by atoms with Crippen molar-refractivity contribution in [3.8, 4) is 0 Å². The molecule has 2 rings (SSSR count). The molecule has 0 bridgehead atoms. The Balaban J connectivity index is 0.00000112. The molecule has 2 aromatic rings. The summed E-state index contributed by atoms with van der Waals surface area (Å²) >= 11 is 0. The van der Waals surface area contributed by atoms with Crippen LogP contribution in [0.2, 0.25) is 0 Å². The van der Waals surface area contributed by atoms with Gasteiger partial charge in [0.25, 0.3) is 0 Å². The zero-order valence-corrected chi connectivity index (χ0v) is 16.2. The van der Waals surface area contributed by atoms with E-state index in [2.05, 4.69) is 80.2 Å². The minimum Gasteiger partial charge on any atom is -0.0991 e. The molecule has 0 aliphatic rings. The van der Waals surface area contributed by atoms with Crippen molar-refractivity contribution in [2.45, 2.75) is 41.0 Å². The first-order valence-electron chi connectivity index (χ1n) is 8.58. The second-order valence-corrected chi connectivity index (χ2v) is 6.53. The van der Waals surface area contributed by atoms with Gasteiger partial charge in [0.15, 0.2) is 0 Å². The van der Waals surface area contributed by atoms with Crippen molar-refractivity contribution >= 4 is 18.5 Å². The fraction of sp³-hybridized carbons (Fsp3) is 0.273. The van der Waals surface area contributed by atoms with Crippen molar-refractivity contribution in [3.05, 3.63) is 84.7 Å². The smallest absolute Gasteiger partial charge is 0.0154 e. The van der Waals surface area contributed by atoms with Crippen LogP contribution in [-0.4, -0.2) is 0 Å². The summed E-state index contributed by atoms with van der Waals surface area (Å²) in [5.74, 6) is 0. The summed E-state index contributed by atoms with van der Waals surface area (Å²) < 4.78 is 0. The molecule has 0 nitrogen and oxygen atoms in total. The molecule has 0 atom stereocenters. The highest BCUT2D eigenvalue weighted by Gasteiger charge is 2.16. The van der Waals surface area contributed by atoms with E-state index in [1.165, 1.54) is 15.9 Å². The average Bonchev–Trinajstić information content (AvgIpc) is 2.66. The standard InChI is InChI=1S/C18H19P.2C2H6/c1-3-11-16(4-2)19(17-12-7-5-8-13-17)18-14-9-6-10-15-18;2*1-2/h3,5-15H,1,4H2,2H3;2*1-2H3/b16-11+;;. The third-order valence-electron chi connectivity index (χ3n) is 2.99. The summed E-state index contributed by atoms with van der Waals surface area (Å²) in [5.41, 5.74) is 0. The van der Waals surface area contributed by atoms with Crippen LogP contribution in [0.1, 0.15) is 41.0 Å². The normalized spacial score (nSPS) is 10.1. The number of rotatable bonds is 5. The zero-order chi connectivity index (χ0) is 17.5. The van der Waals surface area contributed by atoms with Crippen LogP contribution in [0.25, 0.3) is 0 Å². The van der Waals surface area contributed by atoms with Crippen LogP contribution < -0.4 is 10.6 Å². The van der Waals surface area contributed by atoms with Crippen molar-refractivity contribution in [1.29, 1.82) is 0 Å². The topological polar surface area (TPSA) is 0 Å². The first kappa shape index (κ1) is 21.4. The number of hydrogen-bond donors (Lipinski definition) is 0. The number of allylic oxidation sites excluding steroid dienone is 3. The highest BCUT2D eigenvalue weighted by atomic mass is 31.1. The van der Waals surface area contributed by atoms with E-state index in [1.807, 2.05) is 33.8 Å². The molecule has 0 amide bonds. The fourth-order valence-corrected chi connectivity index (χ4v) is 4.59. The summed E-state index contributed by atoms with van der Waals surface area (Å²) in [6.45, 7) is 14.1. The minimum atomic E-state index is -0.430. The highest BCUT2D eigenvalue weighted by Crippen LogP contribution is 2.44. The van der Waals surface area contributed by atoms with Crippen molar-refractivity contribution < 1.29 is 0 Å². The molecule has 124 valence electrons. The van der Waals surface area contributed by atoms with Crippen molar-refractivity contribution in [1.82, 2.24) is 0 Å². The minimum absolute atomic E-state index is 0.430. The molecular formula is C22H31P. The number of benzene rings is 2. The molecule has 0 saturated heterocycles. The number of hydrogen-bond acceptors (Lipinski definition) is 0. The van der Waals surface area contributed by atoms with Gasteiger partial charge >= 0.3 is 0 Å². The van der Waals surface area contributed by atoms with Gasteiger partial charge in [-0.2, -0.15) is 0 Å². The zero-order valence-electron chi connectivity index (χ0n) is 15.3. The van der Waals surface area contributed by atoms with E-state index in [9.17, 15) is 0 Å². The quantitative estimate of drug-likeness (QED) is 0.426. The Hall–Kier alpha value is -1.65. The lowest BCUT2D eigenvalue weighted by atomic mass is 10.4. The lowest BCUT2D eigenvalue weighted by Crippen LogP contribution is -2.12. The molecule has 23 heavy (non-hydrogen) atoms. The summed E-state index contributed by atoms with van der Waals surface area (Å²) in [7, 11) is -0.430. The van der Waals surface area contributed by atoms with Crippen molar-refractivity contribution in [3.63, 3.8) is 0 Å². The summed E-state index contributed by atoms with van der Waals surface area (Å²) in [5, 5.41) is 4.26. The predicted octanol–water partition coefficient (Wildman–Crippen LogP) is 6.65. The molecule has 0 aromatic heterocycles. The monoisotopic (exact) mass is 326 g/mol. The van der Waals surface area contributed by atoms with E-state index in [0.717, 1.165) is 6.42 Å². The van der Waals surface area contributed by atoms with Crippen LogP contribution in [0.3, 0.4) is 0 Å². The Labute approximate surface area is 144 Å². The van der Waals surface area contributed by atoms with E-state index in [1.54, 1.807) is 0 Å². The van der Waals surface area contributed by atoms with Crippen LogP contribution >= 0.6 is 7.92 Å². The van der Waals surface area contributed by atoms with E-state index in [-0.39, 0.29) is 0 Å². The van der Waals surface area contributed by atoms with Crippen LogP contribution in [-0.2, 0) is 0 Å². The van der Waals surface area contributed by atoms with Crippen LogP contribution in [0.15, 0.2) is 84.7 Å². The van der Waals surface area contributed by atoms with Gasteiger partial charge in [-0.1, -0.05) is 114 Å². The second kappa shape index (κ2) is 14.0. The third-order valence-corrected chi connectivity index (χ3v) is 5.66. The first-order valence-corrected chi connectivity index (χ1v) is 9.92. The summed E-state index contributed by atoms with van der Waals surface area (Å²) in [4.78, 5) is 0. The van der Waals surface area contributed by atoms with Crippen LogP contribution in [0.5, 0.6) is 0 Å². The predicted molar refractivity (Wildman–Crippen MR) is 110 cm³/mol. The van der Waals surface area contributed by atoms with Gasteiger partial charge in [0.1, 0.15) is 0 Å². The lowest BCUT2D eigenvalue weighted by Gasteiger charge is -2.21. The molecule has 0 aliphatic carbocycles. The van der Waals surface area contributed by atoms with E-state index in [0.29, 0.717) is 0 Å². The molecule has 0 unspecified atom stereocenters. The Bertz CT molecular complexity index is 501. The Morgan fingerprint density at radius 1 is 0.826 bits per heavy atom. The molecule has 0 saturated carbocycles. The van der Waals surface area contributed by atoms with Gasteiger partial charge in [-0.3, -0.25) is 0 Å². The first-order chi connectivity index (χ1) is 11.4. The van der Waals surface area contributed by atoms with Gasteiger partial charge in [-0.15, -0.1) is 0 Å². The maximum atomic E-state index is 3.85. The lowest BCUT2D eigenvalue weighted by molar-refractivity contribution is 1.20. The molecule has 0 N–H and O–H groups in total. The fourth-order valence-electron chi connectivity index (χ4n) is 2.12. The third kappa shape index (κ3) is 6.97. The molecule has 1 heteroatoms. The van der Waals surface area contributed by atoms with E-state index < -0.39 is 7.92 Å². The van der Waals surface area contributed by atoms with Gasteiger partial charge in [-0.25, -0.2) is 0 Å². The second-order valence-electron chi connectivity index (χ2n) is 4.25. The largest absolute Gasteiger partial charge is 0.0991 e. The van der Waals surface area contributed by atoms with E-state index in [4.69, 9.17) is 0 Å². The molecular weight excluding hydrogens is 295 g/mol. The summed E-state index contributed by atoms with van der Waals surface area (Å²) in [6.07, 6.45) is 5.13. The molecule has 2 aromatic carbocycles. The Morgan fingerprint density at radius 3 is 1.52 bits per heavy atom. The Kier molecular flexibility index (Phi) is 13.0. The molecule has 0 aliphatic heterocycles.